The van der Waals surface area contributed by atoms with Gasteiger partial charge in [0.1, 0.15) is 5.75 Å². The Morgan fingerprint density at radius 3 is 2.42 bits per heavy atom. The molecule has 11 heteroatoms. The quantitative estimate of drug-likeness (QED) is 0.219. The topological polar surface area (TPSA) is 128 Å². The number of carbonyl (C=O) groups excluding carboxylic acids is 3. The van der Waals surface area contributed by atoms with Crippen molar-refractivity contribution in [1.82, 2.24) is 5.32 Å². The number of rotatable bonds is 14. The highest BCUT2D eigenvalue weighted by Crippen LogP contribution is 2.29. The molecule has 0 atom stereocenters. The SMILES string of the molecule is CC(C)CCCN(C(=O)CNC(=O)Nc1cccc(CC(=O)O)c1)c1ccccc1OCC(=O)N(C)c1cccc(Cl)c1. The highest BCUT2D eigenvalue weighted by Gasteiger charge is 2.21. The molecule has 10 nitrogen and oxygen atoms in total. The van der Waals surface area contributed by atoms with E-state index < -0.39 is 12.0 Å². The van der Waals surface area contributed by atoms with Gasteiger partial charge < -0.3 is 30.3 Å². The van der Waals surface area contributed by atoms with Crippen LogP contribution in [0.15, 0.2) is 72.8 Å². The first kappa shape index (κ1) is 32.9. The number of hydrogen-bond acceptors (Lipinski definition) is 5. The Labute approximate surface area is 256 Å². The van der Waals surface area contributed by atoms with Crippen molar-refractivity contribution < 1.29 is 29.0 Å². The van der Waals surface area contributed by atoms with Crippen molar-refractivity contribution >= 4 is 52.5 Å². The Balaban J connectivity index is 1.69. The Kier molecular flexibility index (Phi) is 12.4. The second kappa shape index (κ2) is 16.2. The molecule has 0 unspecified atom stereocenters. The van der Waals surface area contributed by atoms with Gasteiger partial charge in [-0.2, -0.15) is 0 Å². The minimum Gasteiger partial charge on any atom is -0.482 e. The second-order valence-corrected chi connectivity index (χ2v) is 10.8. The molecule has 228 valence electrons. The molecule has 0 aliphatic heterocycles. The second-order valence-electron chi connectivity index (χ2n) is 10.3. The minimum atomic E-state index is -0.980. The number of hydrogen-bond donors (Lipinski definition) is 3. The van der Waals surface area contributed by atoms with Crippen LogP contribution in [0.5, 0.6) is 5.75 Å². The van der Waals surface area contributed by atoms with Gasteiger partial charge in [0, 0.05) is 30.0 Å². The molecule has 0 aliphatic carbocycles. The van der Waals surface area contributed by atoms with E-state index in [-0.39, 0.29) is 31.4 Å². The zero-order valence-electron chi connectivity index (χ0n) is 24.5. The molecule has 0 saturated carbocycles. The van der Waals surface area contributed by atoms with Crippen molar-refractivity contribution in [2.45, 2.75) is 33.1 Å². The molecule has 0 heterocycles. The van der Waals surface area contributed by atoms with E-state index in [1.807, 2.05) is 0 Å². The number of aliphatic carboxylic acids is 1. The van der Waals surface area contributed by atoms with Gasteiger partial charge in [-0.05, 0) is 66.8 Å². The third-order valence-corrected chi connectivity index (χ3v) is 6.72. The first-order chi connectivity index (χ1) is 20.5. The molecule has 0 radical (unpaired) electrons. The van der Waals surface area contributed by atoms with Gasteiger partial charge in [0.15, 0.2) is 6.61 Å². The maximum Gasteiger partial charge on any atom is 0.319 e. The zero-order chi connectivity index (χ0) is 31.4. The van der Waals surface area contributed by atoms with Crippen LogP contribution in [0.25, 0.3) is 0 Å². The number of benzene rings is 3. The summed E-state index contributed by atoms with van der Waals surface area (Å²) in [6.45, 7) is 4.02. The number of para-hydroxylation sites is 2. The van der Waals surface area contributed by atoms with Crippen LogP contribution in [-0.4, -0.2) is 55.7 Å². The van der Waals surface area contributed by atoms with Crippen molar-refractivity contribution in [2.24, 2.45) is 5.92 Å². The van der Waals surface area contributed by atoms with Crippen molar-refractivity contribution in [3.05, 3.63) is 83.4 Å². The van der Waals surface area contributed by atoms with Crippen LogP contribution in [0.2, 0.25) is 5.02 Å². The molecular formula is C32H37ClN4O6. The van der Waals surface area contributed by atoms with Gasteiger partial charge in [-0.15, -0.1) is 0 Å². The summed E-state index contributed by atoms with van der Waals surface area (Å²) in [7, 11) is 1.63. The van der Waals surface area contributed by atoms with Crippen LogP contribution in [0, 0.1) is 5.92 Å². The van der Waals surface area contributed by atoms with Crippen LogP contribution in [0.1, 0.15) is 32.3 Å². The molecule has 0 bridgehead atoms. The highest BCUT2D eigenvalue weighted by molar-refractivity contribution is 6.30. The lowest BCUT2D eigenvalue weighted by molar-refractivity contribution is -0.136. The summed E-state index contributed by atoms with van der Waals surface area (Å²) in [5.41, 5.74) is 2.05. The van der Waals surface area contributed by atoms with Gasteiger partial charge in [0.25, 0.3) is 5.91 Å². The summed E-state index contributed by atoms with van der Waals surface area (Å²) in [5.74, 6) is -0.860. The molecule has 0 spiro atoms. The summed E-state index contributed by atoms with van der Waals surface area (Å²) < 4.78 is 5.91. The Morgan fingerprint density at radius 1 is 0.953 bits per heavy atom. The predicted molar refractivity (Wildman–Crippen MR) is 168 cm³/mol. The number of anilines is 3. The smallest absolute Gasteiger partial charge is 0.319 e. The van der Waals surface area contributed by atoms with Crippen molar-refractivity contribution in [2.75, 3.05) is 41.9 Å². The van der Waals surface area contributed by atoms with Gasteiger partial charge in [-0.25, -0.2) is 4.79 Å². The average molecular weight is 609 g/mol. The zero-order valence-corrected chi connectivity index (χ0v) is 25.3. The molecule has 43 heavy (non-hydrogen) atoms. The van der Waals surface area contributed by atoms with E-state index >= 15 is 0 Å². The Morgan fingerprint density at radius 2 is 1.70 bits per heavy atom. The van der Waals surface area contributed by atoms with E-state index in [2.05, 4.69) is 24.5 Å². The van der Waals surface area contributed by atoms with E-state index in [4.69, 9.17) is 21.4 Å². The van der Waals surface area contributed by atoms with Crippen LogP contribution < -0.4 is 25.2 Å². The standard InChI is InChI=1S/C32H37ClN4O6/c1-22(2)9-8-16-37(29(38)20-34-32(42)35-25-12-6-10-23(17-25)18-31(40)41)27-14-4-5-15-28(27)43-21-30(39)36(3)26-13-7-11-24(33)19-26/h4-7,10-15,17,19,22H,8-9,16,18,20-21H2,1-3H3,(H,40,41)(H2,34,35,42). The van der Waals surface area contributed by atoms with Crippen molar-refractivity contribution in [1.29, 1.82) is 0 Å². The number of carboxylic acids is 1. The first-order valence-corrected chi connectivity index (χ1v) is 14.3. The maximum absolute atomic E-state index is 13.4. The molecule has 3 aromatic rings. The molecule has 4 amide bonds. The molecule has 0 saturated heterocycles. The predicted octanol–water partition coefficient (Wildman–Crippen LogP) is 5.60. The third-order valence-electron chi connectivity index (χ3n) is 6.48. The number of urea groups is 1. The lowest BCUT2D eigenvalue weighted by Crippen LogP contribution is -2.42. The molecule has 3 N–H and O–H groups in total. The number of nitrogens with one attached hydrogen (secondary N) is 2. The summed E-state index contributed by atoms with van der Waals surface area (Å²) in [4.78, 5) is 52.9. The lowest BCUT2D eigenvalue weighted by atomic mass is 10.1. The summed E-state index contributed by atoms with van der Waals surface area (Å²) in [6.07, 6.45) is 1.43. The third kappa shape index (κ3) is 10.6. The van der Waals surface area contributed by atoms with Gasteiger partial charge in [-0.1, -0.05) is 55.8 Å². The molecule has 0 fully saturated rings. The first-order valence-electron chi connectivity index (χ1n) is 13.9. The van der Waals surface area contributed by atoms with Crippen molar-refractivity contribution in [3.8, 4) is 5.75 Å². The van der Waals surface area contributed by atoms with Crippen molar-refractivity contribution in [3.63, 3.8) is 0 Å². The van der Waals surface area contributed by atoms with E-state index in [9.17, 15) is 19.2 Å². The lowest BCUT2D eigenvalue weighted by Gasteiger charge is -2.26. The fourth-order valence-electron chi connectivity index (χ4n) is 4.26. The Bertz CT molecular complexity index is 1430. The van der Waals surface area contributed by atoms with Gasteiger partial charge >= 0.3 is 12.0 Å². The van der Waals surface area contributed by atoms with Gasteiger partial charge in [0.05, 0.1) is 18.7 Å². The monoisotopic (exact) mass is 608 g/mol. The van der Waals surface area contributed by atoms with Gasteiger partial charge in [0.2, 0.25) is 5.91 Å². The Hall–Kier alpha value is -4.57. The van der Waals surface area contributed by atoms with Crippen LogP contribution >= 0.6 is 11.6 Å². The van der Waals surface area contributed by atoms with Gasteiger partial charge in [-0.3, -0.25) is 14.4 Å². The normalized spacial score (nSPS) is 10.6. The molecule has 3 rings (SSSR count). The summed E-state index contributed by atoms with van der Waals surface area (Å²) >= 11 is 6.06. The molecular weight excluding hydrogens is 572 g/mol. The number of carboxylic acid groups (broad SMARTS) is 1. The van der Waals surface area contributed by atoms with Crippen LogP contribution in [-0.2, 0) is 20.8 Å². The summed E-state index contributed by atoms with van der Waals surface area (Å²) in [5, 5.41) is 14.7. The molecule has 3 aromatic carbocycles. The minimum absolute atomic E-state index is 0.176. The van der Waals surface area contributed by atoms with Crippen LogP contribution in [0.3, 0.4) is 0 Å². The van der Waals surface area contributed by atoms with E-state index in [0.717, 1.165) is 12.8 Å². The highest BCUT2D eigenvalue weighted by atomic mass is 35.5. The van der Waals surface area contributed by atoms with Crippen LogP contribution in [0.4, 0.5) is 21.9 Å². The number of halogens is 1. The number of ether oxygens (including phenoxy) is 1. The van der Waals surface area contributed by atoms with E-state index in [1.165, 1.54) is 4.90 Å². The average Bonchev–Trinajstić information content (AvgIpc) is 2.96. The summed E-state index contributed by atoms with van der Waals surface area (Å²) in [6, 6.07) is 19.8. The largest absolute Gasteiger partial charge is 0.482 e. The number of nitrogens with zero attached hydrogens (tertiary/aromatic N) is 2. The van der Waals surface area contributed by atoms with E-state index in [1.54, 1.807) is 84.7 Å². The number of carbonyl (C=O) groups is 4. The molecule has 0 aliphatic rings. The maximum atomic E-state index is 13.4. The fraction of sp³-hybridized carbons (Fsp3) is 0.312. The molecule has 0 aromatic heterocycles. The number of amides is 4. The number of likely N-dealkylation sites (N-methyl/N-ethyl adjacent to an activating group) is 1. The fourth-order valence-corrected chi connectivity index (χ4v) is 4.45. The van der Waals surface area contributed by atoms with E-state index in [0.29, 0.717) is 45.9 Å².